The number of aromatic nitrogens is 2. The number of hydrogen-bond donors (Lipinski definition) is 2. The minimum atomic E-state index is -0.470. The average Bonchev–Trinajstić information content (AvgIpc) is 3.20. The fraction of sp³-hybridized carbons (Fsp3) is 0.0476. The van der Waals surface area contributed by atoms with Gasteiger partial charge in [-0.05, 0) is 18.2 Å². The van der Waals surface area contributed by atoms with Gasteiger partial charge in [-0.1, -0.05) is 36.4 Å². The second-order valence-electron chi connectivity index (χ2n) is 6.26. The third-order valence-electron chi connectivity index (χ3n) is 4.87. The van der Waals surface area contributed by atoms with E-state index in [-0.39, 0.29) is 5.43 Å². The van der Waals surface area contributed by atoms with Gasteiger partial charge in [-0.15, -0.1) is 0 Å². The Kier molecular flexibility index (Phi) is 2.94. The molecule has 0 aliphatic rings. The van der Waals surface area contributed by atoms with Gasteiger partial charge >= 0.3 is 5.97 Å². The Labute approximate surface area is 147 Å². The second kappa shape index (κ2) is 5.20. The van der Waals surface area contributed by atoms with Crippen molar-refractivity contribution in [3.8, 4) is 0 Å². The third kappa shape index (κ3) is 1.85. The molecule has 0 aliphatic carbocycles. The fourth-order valence-corrected chi connectivity index (χ4v) is 3.70. The van der Waals surface area contributed by atoms with Gasteiger partial charge in [-0.25, -0.2) is 4.79 Å². The number of esters is 1. The smallest absolute Gasteiger partial charge is 0.338 e. The van der Waals surface area contributed by atoms with Gasteiger partial charge in [0.15, 0.2) is 0 Å². The zero-order chi connectivity index (χ0) is 17.8. The monoisotopic (exact) mass is 342 g/mol. The Bertz CT molecular complexity index is 1410. The number of nitrogens with one attached hydrogen (secondary N) is 2. The van der Waals surface area contributed by atoms with E-state index in [1.807, 2.05) is 48.5 Å². The van der Waals surface area contributed by atoms with Gasteiger partial charge in [0, 0.05) is 32.6 Å². The Hall–Kier alpha value is -3.60. The highest BCUT2D eigenvalue weighted by atomic mass is 16.5. The molecule has 0 saturated carbocycles. The molecule has 0 amide bonds. The van der Waals surface area contributed by atoms with E-state index < -0.39 is 5.97 Å². The molecule has 0 fully saturated rings. The number of methoxy groups -OCH3 is 1. The summed E-state index contributed by atoms with van der Waals surface area (Å²) < 4.78 is 5.02. The van der Waals surface area contributed by atoms with Crippen LogP contribution in [0.2, 0.25) is 0 Å². The SMILES string of the molecule is COC(=O)c1cc2c([nH]c3ccccc32)c(=O)c2[nH]c3ccccc3c12. The molecule has 126 valence electrons. The van der Waals surface area contributed by atoms with Crippen LogP contribution in [0.3, 0.4) is 0 Å². The molecular formula is C21H14N2O3. The quantitative estimate of drug-likeness (QED) is 0.450. The molecule has 2 N–H and O–H groups in total. The number of aromatic amines is 2. The lowest BCUT2D eigenvalue weighted by Crippen LogP contribution is -2.02. The number of hydrogen-bond acceptors (Lipinski definition) is 3. The highest BCUT2D eigenvalue weighted by molar-refractivity contribution is 6.20. The van der Waals surface area contributed by atoms with E-state index in [1.165, 1.54) is 7.11 Å². The molecule has 5 rings (SSSR count). The first-order valence-electron chi connectivity index (χ1n) is 8.25. The van der Waals surface area contributed by atoms with Crippen molar-refractivity contribution in [1.82, 2.24) is 9.97 Å². The fourth-order valence-electron chi connectivity index (χ4n) is 3.70. The molecule has 5 nitrogen and oxygen atoms in total. The number of ether oxygens (including phenoxy) is 1. The predicted molar refractivity (Wildman–Crippen MR) is 103 cm³/mol. The molecule has 5 heteroatoms. The standard InChI is InChI=1S/C21H14N2O3/c1-26-21(25)14-10-13-11-6-2-4-8-15(11)22-18(13)20(24)19-17(14)12-7-3-5-9-16(12)23-19/h2-10,22-23H,1H3. The van der Waals surface area contributed by atoms with Gasteiger partial charge < -0.3 is 14.7 Å². The minimum Gasteiger partial charge on any atom is -0.465 e. The van der Waals surface area contributed by atoms with Crippen LogP contribution in [-0.2, 0) is 4.74 Å². The highest BCUT2D eigenvalue weighted by Gasteiger charge is 2.19. The number of rotatable bonds is 1. The first kappa shape index (κ1) is 14.7. The summed E-state index contributed by atoms with van der Waals surface area (Å²) >= 11 is 0. The van der Waals surface area contributed by atoms with Crippen molar-refractivity contribution in [2.45, 2.75) is 0 Å². The maximum absolute atomic E-state index is 13.3. The molecule has 0 saturated heterocycles. The van der Waals surface area contributed by atoms with Crippen molar-refractivity contribution >= 4 is 49.6 Å². The van der Waals surface area contributed by atoms with Crippen LogP contribution in [0.25, 0.3) is 43.6 Å². The summed E-state index contributed by atoms with van der Waals surface area (Å²) in [4.78, 5) is 32.2. The lowest BCUT2D eigenvalue weighted by molar-refractivity contribution is 0.0603. The van der Waals surface area contributed by atoms with Crippen molar-refractivity contribution in [2.24, 2.45) is 0 Å². The van der Waals surface area contributed by atoms with Crippen molar-refractivity contribution in [1.29, 1.82) is 0 Å². The molecule has 3 aromatic carbocycles. The summed E-state index contributed by atoms with van der Waals surface area (Å²) in [6.07, 6.45) is 0. The Morgan fingerprint density at radius 2 is 1.46 bits per heavy atom. The minimum absolute atomic E-state index is 0.169. The molecule has 0 bridgehead atoms. The van der Waals surface area contributed by atoms with Gasteiger partial charge in [-0.2, -0.15) is 0 Å². The van der Waals surface area contributed by atoms with E-state index in [0.29, 0.717) is 27.4 Å². The lowest BCUT2D eigenvalue weighted by Gasteiger charge is -1.99. The van der Waals surface area contributed by atoms with E-state index in [4.69, 9.17) is 4.74 Å². The van der Waals surface area contributed by atoms with Crippen LogP contribution < -0.4 is 5.43 Å². The molecule has 0 radical (unpaired) electrons. The number of H-pyrrole nitrogens is 2. The number of para-hydroxylation sites is 2. The van der Waals surface area contributed by atoms with Gasteiger partial charge in [-0.3, -0.25) is 4.79 Å². The van der Waals surface area contributed by atoms with E-state index >= 15 is 0 Å². The van der Waals surface area contributed by atoms with E-state index in [2.05, 4.69) is 9.97 Å². The predicted octanol–water partition coefficient (Wildman–Crippen LogP) is 4.10. The third-order valence-corrected chi connectivity index (χ3v) is 4.87. The van der Waals surface area contributed by atoms with Crippen LogP contribution in [0.4, 0.5) is 0 Å². The number of benzene rings is 2. The molecule has 0 aliphatic heterocycles. The summed E-state index contributed by atoms with van der Waals surface area (Å²) in [5.74, 6) is -0.470. The van der Waals surface area contributed by atoms with Gasteiger partial charge in [0.05, 0.1) is 23.7 Å². The first-order valence-corrected chi connectivity index (χ1v) is 8.25. The second-order valence-corrected chi connectivity index (χ2v) is 6.26. The molecular weight excluding hydrogens is 328 g/mol. The lowest BCUT2D eigenvalue weighted by atomic mass is 10.1. The van der Waals surface area contributed by atoms with Crippen LogP contribution in [0, 0.1) is 0 Å². The van der Waals surface area contributed by atoms with Crippen LogP contribution in [0.15, 0.2) is 59.4 Å². The van der Waals surface area contributed by atoms with Crippen molar-refractivity contribution in [2.75, 3.05) is 7.11 Å². The maximum atomic E-state index is 13.3. The van der Waals surface area contributed by atoms with Crippen molar-refractivity contribution in [3.63, 3.8) is 0 Å². The number of carbonyl (C=O) groups is 1. The van der Waals surface area contributed by atoms with Crippen LogP contribution in [0.5, 0.6) is 0 Å². The molecule has 0 spiro atoms. The summed E-state index contributed by atoms with van der Waals surface area (Å²) in [7, 11) is 1.35. The zero-order valence-electron chi connectivity index (χ0n) is 13.9. The topological polar surface area (TPSA) is 75.0 Å². The molecule has 0 atom stereocenters. The molecule has 26 heavy (non-hydrogen) atoms. The molecule has 5 aromatic rings. The Balaban J connectivity index is 2.14. The molecule has 0 unspecified atom stereocenters. The number of carbonyl (C=O) groups excluding carboxylic acids is 1. The van der Waals surface area contributed by atoms with Gasteiger partial charge in [0.2, 0.25) is 5.43 Å². The normalized spacial score (nSPS) is 11.6. The van der Waals surface area contributed by atoms with Crippen LogP contribution in [0.1, 0.15) is 10.4 Å². The first-order chi connectivity index (χ1) is 12.7. The maximum Gasteiger partial charge on any atom is 0.338 e. The van der Waals surface area contributed by atoms with E-state index in [9.17, 15) is 9.59 Å². The van der Waals surface area contributed by atoms with Crippen molar-refractivity contribution < 1.29 is 9.53 Å². The Morgan fingerprint density at radius 3 is 2.19 bits per heavy atom. The van der Waals surface area contributed by atoms with Crippen LogP contribution >= 0.6 is 0 Å². The summed E-state index contributed by atoms with van der Waals surface area (Å²) in [6, 6.07) is 17.0. The summed E-state index contributed by atoms with van der Waals surface area (Å²) in [5, 5.41) is 3.01. The Morgan fingerprint density at radius 1 is 0.846 bits per heavy atom. The summed E-state index contributed by atoms with van der Waals surface area (Å²) in [5.41, 5.74) is 2.73. The van der Waals surface area contributed by atoms with E-state index in [0.717, 1.165) is 21.8 Å². The van der Waals surface area contributed by atoms with Crippen molar-refractivity contribution in [3.05, 3.63) is 70.4 Å². The largest absolute Gasteiger partial charge is 0.465 e. The highest BCUT2D eigenvalue weighted by Crippen LogP contribution is 2.31. The van der Waals surface area contributed by atoms with Gasteiger partial charge in [0.1, 0.15) is 0 Å². The zero-order valence-corrected chi connectivity index (χ0v) is 13.9. The average molecular weight is 342 g/mol. The molecule has 2 aromatic heterocycles. The van der Waals surface area contributed by atoms with Crippen LogP contribution in [-0.4, -0.2) is 23.0 Å². The number of fused-ring (bicyclic) bond motifs is 6. The van der Waals surface area contributed by atoms with Gasteiger partial charge in [0.25, 0.3) is 0 Å². The van der Waals surface area contributed by atoms with E-state index in [1.54, 1.807) is 6.07 Å². The molecule has 2 heterocycles. The summed E-state index contributed by atoms with van der Waals surface area (Å²) in [6.45, 7) is 0.